The first-order valence-electron chi connectivity index (χ1n) is 7.39. The van der Waals surface area contributed by atoms with E-state index in [-0.39, 0.29) is 0 Å². The van der Waals surface area contributed by atoms with Crippen molar-refractivity contribution in [3.63, 3.8) is 0 Å². The first kappa shape index (κ1) is 14.4. The van der Waals surface area contributed by atoms with Gasteiger partial charge in [-0.1, -0.05) is 25.1 Å². The molecule has 0 radical (unpaired) electrons. The molecule has 0 amide bonds. The second kappa shape index (κ2) is 6.92. The van der Waals surface area contributed by atoms with Crippen LogP contribution in [0.25, 0.3) is 0 Å². The molecule has 106 valence electrons. The van der Waals surface area contributed by atoms with E-state index in [4.69, 9.17) is 10.5 Å². The number of hydrogen-bond donors (Lipinski definition) is 2. The number of rotatable bonds is 5. The third-order valence-corrected chi connectivity index (χ3v) is 4.13. The van der Waals surface area contributed by atoms with Crippen molar-refractivity contribution in [1.82, 2.24) is 5.32 Å². The second-order valence-electron chi connectivity index (χ2n) is 5.48. The summed E-state index contributed by atoms with van der Waals surface area (Å²) in [5.74, 6) is 0.981. The molecule has 0 heterocycles. The highest BCUT2D eigenvalue weighted by molar-refractivity contribution is 5.35. The Labute approximate surface area is 116 Å². The summed E-state index contributed by atoms with van der Waals surface area (Å²) < 4.78 is 5.47. The molecule has 3 nitrogen and oxygen atoms in total. The van der Waals surface area contributed by atoms with Gasteiger partial charge in [-0.3, -0.25) is 0 Å². The molecule has 1 aliphatic carbocycles. The van der Waals surface area contributed by atoms with E-state index in [0.717, 1.165) is 25.0 Å². The van der Waals surface area contributed by atoms with Crippen molar-refractivity contribution < 1.29 is 4.74 Å². The molecule has 1 saturated carbocycles. The zero-order valence-electron chi connectivity index (χ0n) is 12.1. The van der Waals surface area contributed by atoms with Gasteiger partial charge in [0.15, 0.2) is 0 Å². The molecule has 1 atom stereocenters. The maximum Gasteiger partial charge on any atom is 0.123 e. The Morgan fingerprint density at radius 2 is 1.95 bits per heavy atom. The van der Waals surface area contributed by atoms with Gasteiger partial charge < -0.3 is 15.8 Å². The standard InChI is InChI=1S/C16H26N2O/c1-3-15(14-6-4-5-7-16(14)19-2)18-13-10-8-12(17)9-11-13/h4-7,12-13,15,18H,3,8-11,17H2,1-2H3. The molecule has 19 heavy (non-hydrogen) atoms. The van der Waals surface area contributed by atoms with Crippen molar-refractivity contribution in [2.75, 3.05) is 7.11 Å². The van der Waals surface area contributed by atoms with Gasteiger partial charge in [0.2, 0.25) is 0 Å². The summed E-state index contributed by atoms with van der Waals surface area (Å²) >= 11 is 0. The molecule has 0 bridgehead atoms. The first-order chi connectivity index (χ1) is 9.24. The van der Waals surface area contributed by atoms with E-state index in [2.05, 4.69) is 24.4 Å². The SMILES string of the molecule is CCC(NC1CCC(N)CC1)c1ccccc1OC. The maximum atomic E-state index is 5.97. The summed E-state index contributed by atoms with van der Waals surface area (Å²) in [7, 11) is 1.74. The lowest BCUT2D eigenvalue weighted by Gasteiger charge is -2.31. The monoisotopic (exact) mass is 262 g/mol. The van der Waals surface area contributed by atoms with E-state index < -0.39 is 0 Å². The number of nitrogens with one attached hydrogen (secondary N) is 1. The Balaban J connectivity index is 2.03. The predicted molar refractivity (Wildman–Crippen MR) is 79.4 cm³/mol. The molecule has 3 N–H and O–H groups in total. The van der Waals surface area contributed by atoms with Gasteiger partial charge in [0.25, 0.3) is 0 Å². The van der Waals surface area contributed by atoms with Crippen LogP contribution in [0.5, 0.6) is 5.75 Å². The molecule has 0 aliphatic heterocycles. The van der Waals surface area contributed by atoms with Crippen molar-refractivity contribution in [1.29, 1.82) is 0 Å². The normalized spacial score (nSPS) is 25.0. The van der Waals surface area contributed by atoms with Crippen molar-refractivity contribution in [3.8, 4) is 5.75 Å². The Morgan fingerprint density at radius 3 is 2.58 bits per heavy atom. The fourth-order valence-corrected chi connectivity index (χ4v) is 2.95. The lowest BCUT2D eigenvalue weighted by molar-refractivity contribution is 0.307. The van der Waals surface area contributed by atoms with Crippen LogP contribution in [0.1, 0.15) is 50.6 Å². The summed E-state index contributed by atoms with van der Waals surface area (Å²) in [6.45, 7) is 2.22. The zero-order valence-corrected chi connectivity index (χ0v) is 12.1. The average Bonchev–Trinajstić information content (AvgIpc) is 2.46. The van der Waals surface area contributed by atoms with Crippen LogP contribution in [0.2, 0.25) is 0 Å². The van der Waals surface area contributed by atoms with E-state index >= 15 is 0 Å². The molecule has 0 spiro atoms. The minimum atomic E-state index is 0.371. The molecular weight excluding hydrogens is 236 g/mol. The van der Waals surface area contributed by atoms with E-state index in [1.807, 2.05) is 12.1 Å². The fourth-order valence-electron chi connectivity index (χ4n) is 2.95. The summed E-state index contributed by atoms with van der Waals surface area (Å²) in [6, 6.07) is 9.67. The van der Waals surface area contributed by atoms with Gasteiger partial charge in [-0.2, -0.15) is 0 Å². The second-order valence-corrected chi connectivity index (χ2v) is 5.48. The van der Waals surface area contributed by atoms with E-state index in [1.54, 1.807) is 7.11 Å². The van der Waals surface area contributed by atoms with Crippen molar-refractivity contribution in [2.24, 2.45) is 5.73 Å². The number of ether oxygens (including phenoxy) is 1. The summed E-state index contributed by atoms with van der Waals surface area (Å²) in [6.07, 6.45) is 5.72. The highest BCUT2D eigenvalue weighted by atomic mass is 16.5. The van der Waals surface area contributed by atoms with Gasteiger partial charge >= 0.3 is 0 Å². The minimum absolute atomic E-state index is 0.371. The number of methoxy groups -OCH3 is 1. The van der Waals surface area contributed by atoms with Crippen LogP contribution >= 0.6 is 0 Å². The number of nitrogens with two attached hydrogens (primary N) is 1. The van der Waals surface area contributed by atoms with Crippen molar-refractivity contribution in [2.45, 2.75) is 57.2 Å². The van der Waals surface area contributed by atoms with Gasteiger partial charge in [-0.15, -0.1) is 0 Å². The Morgan fingerprint density at radius 1 is 1.26 bits per heavy atom. The molecule has 1 aromatic rings. The van der Waals surface area contributed by atoms with E-state index in [0.29, 0.717) is 18.1 Å². The lowest BCUT2D eigenvalue weighted by Crippen LogP contribution is -2.39. The molecule has 1 aromatic carbocycles. The van der Waals surface area contributed by atoms with Crippen molar-refractivity contribution >= 4 is 0 Å². The summed E-state index contributed by atoms with van der Waals surface area (Å²) in [5, 5.41) is 3.78. The molecule has 0 aromatic heterocycles. The smallest absolute Gasteiger partial charge is 0.123 e. The summed E-state index contributed by atoms with van der Waals surface area (Å²) in [5.41, 5.74) is 7.24. The molecular formula is C16H26N2O. The van der Waals surface area contributed by atoms with Crippen LogP contribution in [0.4, 0.5) is 0 Å². The Hall–Kier alpha value is -1.06. The van der Waals surface area contributed by atoms with Crippen molar-refractivity contribution in [3.05, 3.63) is 29.8 Å². The third kappa shape index (κ3) is 3.71. The van der Waals surface area contributed by atoms with E-state index in [1.165, 1.54) is 18.4 Å². The van der Waals surface area contributed by atoms with Crippen LogP contribution in [0, 0.1) is 0 Å². The van der Waals surface area contributed by atoms with Gasteiger partial charge in [0.1, 0.15) is 5.75 Å². The van der Waals surface area contributed by atoms with Gasteiger partial charge in [0.05, 0.1) is 7.11 Å². The molecule has 0 saturated heterocycles. The third-order valence-electron chi connectivity index (χ3n) is 4.13. The lowest BCUT2D eigenvalue weighted by atomic mass is 9.90. The van der Waals surface area contributed by atoms with E-state index in [9.17, 15) is 0 Å². The minimum Gasteiger partial charge on any atom is -0.496 e. The maximum absolute atomic E-state index is 5.97. The number of benzene rings is 1. The number of para-hydroxylation sites is 1. The van der Waals surface area contributed by atoms with Crippen LogP contribution in [-0.4, -0.2) is 19.2 Å². The molecule has 1 fully saturated rings. The van der Waals surface area contributed by atoms with Crippen LogP contribution in [-0.2, 0) is 0 Å². The first-order valence-corrected chi connectivity index (χ1v) is 7.39. The molecule has 1 unspecified atom stereocenters. The average molecular weight is 262 g/mol. The predicted octanol–water partition coefficient (Wildman–Crippen LogP) is 3.01. The highest BCUT2D eigenvalue weighted by Gasteiger charge is 2.22. The van der Waals surface area contributed by atoms with Crippen LogP contribution in [0.3, 0.4) is 0 Å². The quantitative estimate of drug-likeness (QED) is 0.857. The Bertz CT molecular complexity index is 386. The number of hydrogen-bond acceptors (Lipinski definition) is 3. The molecule has 2 rings (SSSR count). The summed E-state index contributed by atoms with van der Waals surface area (Å²) in [4.78, 5) is 0. The highest BCUT2D eigenvalue weighted by Crippen LogP contribution is 2.29. The zero-order chi connectivity index (χ0) is 13.7. The molecule has 3 heteroatoms. The van der Waals surface area contributed by atoms with Crippen LogP contribution in [0.15, 0.2) is 24.3 Å². The molecule has 1 aliphatic rings. The topological polar surface area (TPSA) is 47.3 Å². The fraction of sp³-hybridized carbons (Fsp3) is 0.625. The largest absolute Gasteiger partial charge is 0.496 e. The van der Waals surface area contributed by atoms with Gasteiger partial charge in [-0.25, -0.2) is 0 Å². The Kier molecular flexibility index (Phi) is 5.23. The van der Waals surface area contributed by atoms with Crippen LogP contribution < -0.4 is 15.8 Å². The van der Waals surface area contributed by atoms with Gasteiger partial charge in [-0.05, 0) is 38.2 Å². The van der Waals surface area contributed by atoms with Gasteiger partial charge in [0, 0.05) is 23.7 Å².